The van der Waals surface area contributed by atoms with E-state index in [2.05, 4.69) is 16.0 Å². The molecule has 0 aromatic heterocycles. The van der Waals surface area contributed by atoms with Crippen molar-refractivity contribution in [3.05, 3.63) is 61.0 Å². The third kappa shape index (κ3) is 9.92. The number of alkyl carbamates (subject to hydrolysis) is 1. The number of ether oxygens (including phenoxy) is 2. The summed E-state index contributed by atoms with van der Waals surface area (Å²) in [5, 5.41) is 6.46. The molecule has 0 radical (unpaired) electrons. The van der Waals surface area contributed by atoms with Crippen LogP contribution >= 0.6 is 58.0 Å². The molecular formula is C25H26Cl5N3O6. The fraction of sp³-hybridized carbons (Fsp3) is 0.360. The number of hydrogen-bond donors (Lipinski definition) is 3. The van der Waals surface area contributed by atoms with Gasteiger partial charge in [-0.1, -0.05) is 88.3 Å². The Bertz CT molecular complexity index is 1210. The fourth-order valence-electron chi connectivity index (χ4n) is 3.01. The van der Waals surface area contributed by atoms with Gasteiger partial charge in [0.15, 0.2) is 5.75 Å². The van der Waals surface area contributed by atoms with Crippen LogP contribution < -0.4 is 20.7 Å². The van der Waals surface area contributed by atoms with Gasteiger partial charge in [0.05, 0.1) is 15.1 Å². The lowest BCUT2D eigenvalue weighted by atomic mass is 10.0. The Balaban J connectivity index is 2.10. The first kappa shape index (κ1) is 32.8. The maximum Gasteiger partial charge on any atom is 0.408 e. The molecule has 0 unspecified atom stereocenters. The minimum Gasteiger partial charge on any atom is -0.444 e. The van der Waals surface area contributed by atoms with Gasteiger partial charge >= 0.3 is 12.1 Å². The standard InChI is InChI=1S/C25H26Cl5N3O6/c1-12(32-24(37)39-25(2,3)4)22(35)33-14(10-13-8-6-5-7-9-13)23(36)31-11-15(34)38-21-19(29)17(27)16(26)18(28)20(21)30/h5-9,12,14H,10-11H2,1-4H3,(H,31,36)(H,32,37)(H,33,35)/t12-,14+/m1/s1. The van der Waals surface area contributed by atoms with Crippen molar-refractivity contribution in [1.82, 2.24) is 16.0 Å². The van der Waals surface area contributed by atoms with Crippen molar-refractivity contribution in [2.45, 2.75) is 51.8 Å². The number of hydrogen-bond acceptors (Lipinski definition) is 6. The molecule has 0 saturated carbocycles. The van der Waals surface area contributed by atoms with Gasteiger partial charge in [0.2, 0.25) is 11.8 Å². The molecule has 0 spiro atoms. The number of esters is 1. The first-order valence-corrected chi connectivity index (χ1v) is 13.3. The maximum absolute atomic E-state index is 13.0. The topological polar surface area (TPSA) is 123 Å². The van der Waals surface area contributed by atoms with Gasteiger partial charge in [0.1, 0.15) is 34.3 Å². The zero-order valence-corrected chi connectivity index (χ0v) is 25.1. The van der Waals surface area contributed by atoms with Crippen LogP contribution in [0.5, 0.6) is 5.75 Å². The Kier molecular flexibility index (Phi) is 12.0. The minimum absolute atomic E-state index is 0.0900. The average molecular weight is 642 g/mol. The van der Waals surface area contributed by atoms with E-state index >= 15 is 0 Å². The summed E-state index contributed by atoms with van der Waals surface area (Å²) in [7, 11) is 0. The van der Waals surface area contributed by atoms with Gasteiger partial charge in [-0.2, -0.15) is 0 Å². The maximum atomic E-state index is 13.0. The van der Waals surface area contributed by atoms with E-state index in [1.807, 2.05) is 0 Å². The van der Waals surface area contributed by atoms with Gasteiger partial charge in [-0.05, 0) is 33.3 Å². The predicted molar refractivity (Wildman–Crippen MR) is 151 cm³/mol. The van der Waals surface area contributed by atoms with Crippen LogP contribution in [0.15, 0.2) is 30.3 Å². The second-order valence-electron chi connectivity index (χ2n) is 9.21. The van der Waals surface area contributed by atoms with Gasteiger partial charge < -0.3 is 25.4 Å². The normalized spacial score (nSPS) is 12.6. The highest BCUT2D eigenvalue weighted by Crippen LogP contribution is 2.48. The van der Waals surface area contributed by atoms with Gasteiger partial charge in [0.25, 0.3) is 0 Å². The van der Waals surface area contributed by atoms with Crippen molar-refractivity contribution in [2.75, 3.05) is 6.54 Å². The smallest absolute Gasteiger partial charge is 0.408 e. The molecule has 14 heteroatoms. The van der Waals surface area contributed by atoms with Gasteiger partial charge in [-0.15, -0.1) is 0 Å². The number of halogens is 5. The van der Waals surface area contributed by atoms with Gasteiger partial charge in [0, 0.05) is 6.42 Å². The summed E-state index contributed by atoms with van der Waals surface area (Å²) < 4.78 is 10.3. The lowest BCUT2D eigenvalue weighted by molar-refractivity contribution is -0.136. The summed E-state index contributed by atoms with van der Waals surface area (Å²) in [5.41, 5.74) is -0.0285. The van der Waals surface area contributed by atoms with Crippen molar-refractivity contribution in [3.8, 4) is 5.75 Å². The van der Waals surface area contributed by atoms with Crippen LogP contribution in [0.2, 0.25) is 25.1 Å². The van der Waals surface area contributed by atoms with Crippen LogP contribution in [0.4, 0.5) is 4.79 Å². The molecule has 0 aliphatic heterocycles. The second-order valence-corrected chi connectivity index (χ2v) is 11.1. The number of amides is 3. The van der Waals surface area contributed by atoms with Crippen molar-refractivity contribution in [3.63, 3.8) is 0 Å². The number of benzene rings is 2. The summed E-state index contributed by atoms with van der Waals surface area (Å²) in [6.07, 6.45) is -0.705. The Labute approximate surface area is 250 Å². The second kappa shape index (κ2) is 14.3. The first-order valence-electron chi connectivity index (χ1n) is 11.4. The molecule has 0 fully saturated rings. The Morgan fingerprint density at radius 3 is 1.90 bits per heavy atom. The van der Waals surface area contributed by atoms with Crippen LogP contribution in [-0.2, 0) is 25.5 Å². The molecule has 3 N–H and O–H groups in total. The lowest BCUT2D eigenvalue weighted by Crippen LogP contribution is -2.54. The summed E-state index contributed by atoms with van der Waals surface area (Å²) >= 11 is 30.0. The Morgan fingerprint density at radius 1 is 0.821 bits per heavy atom. The lowest BCUT2D eigenvalue weighted by Gasteiger charge is -2.23. The molecule has 39 heavy (non-hydrogen) atoms. The molecule has 0 heterocycles. The SMILES string of the molecule is C[C@@H](NC(=O)OC(C)(C)C)C(=O)N[C@@H](Cc1ccccc1)C(=O)NCC(=O)Oc1c(Cl)c(Cl)c(Cl)c(Cl)c1Cl. The molecule has 2 aromatic carbocycles. The van der Waals surface area contributed by atoms with E-state index in [0.717, 1.165) is 5.56 Å². The van der Waals surface area contributed by atoms with Gasteiger partial charge in [-0.25, -0.2) is 9.59 Å². The van der Waals surface area contributed by atoms with Crippen molar-refractivity contribution < 1.29 is 28.7 Å². The third-order valence-corrected chi connectivity index (χ3v) is 7.08. The first-order chi connectivity index (χ1) is 18.1. The zero-order chi connectivity index (χ0) is 29.5. The Morgan fingerprint density at radius 2 is 1.36 bits per heavy atom. The number of carbonyl (C=O) groups is 4. The summed E-state index contributed by atoms with van der Waals surface area (Å²) in [5.74, 6) is -2.62. The van der Waals surface area contributed by atoms with E-state index in [4.69, 9.17) is 67.5 Å². The highest BCUT2D eigenvalue weighted by Gasteiger charge is 2.27. The zero-order valence-electron chi connectivity index (χ0n) is 21.3. The average Bonchev–Trinajstić information content (AvgIpc) is 2.86. The molecule has 2 atom stereocenters. The van der Waals surface area contributed by atoms with E-state index in [0.29, 0.717) is 0 Å². The monoisotopic (exact) mass is 639 g/mol. The molecule has 0 bridgehead atoms. The summed E-state index contributed by atoms with van der Waals surface area (Å²) in [6.45, 7) is 5.86. The molecule has 9 nitrogen and oxygen atoms in total. The van der Waals surface area contributed by atoms with Gasteiger partial charge in [-0.3, -0.25) is 9.59 Å². The van der Waals surface area contributed by atoms with Crippen molar-refractivity contribution >= 4 is 81.9 Å². The van der Waals surface area contributed by atoms with E-state index in [-0.39, 0.29) is 37.3 Å². The van der Waals surface area contributed by atoms with Crippen LogP contribution in [0, 0.1) is 0 Å². The molecule has 2 aromatic rings. The molecule has 3 amide bonds. The van der Waals surface area contributed by atoms with Crippen LogP contribution in [-0.4, -0.2) is 48.1 Å². The molecular weight excluding hydrogens is 616 g/mol. The summed E-state index contributed by atoms with van der Waals surface area (Å²) in [4.78, 5) is 50.3. The summed E-state index contributed by atoms with van der Waals surface area (Å²) in [6, 6.07) is 6.73. The highest BCUT2D eigenvalue weighted by molar-refractivity contribution is 6.55. The predicted octanol–water partition coefficient (Wildman–Crippen LogP) is 5.62. The van der Waals surface area contributed by atoms with Crippen LogP contribution in [0.3, 0.4) is 0 Å². The van der Waals surface area contributed by atoms with Crippen LogP contribution in [0.25, 0.3) is 0 Å². The number of nitrogens with one attached hydrogen (secondary N) is 3. The largest absolute Gasteiger partial charge is 0.444 e. The molecule has 0 aliphatic rings. The van der Waals surface area contributed by atoms with E-state index in [1.54, 1.807) is 51.1 Å². The highest BCUT2D eigenvalue weighted by atomic mass is 35.5. The van der Waals surface area contributed by atoms with E-state index in [9.17, 15) is 19.2 Å². The molecule has 212 valence electrons. The Hall–Kier alpha value is -2.43. The molecule has 2 rings (SSSR count). The van der Waals surface area contributed by atoms with E-state index < -0.39 is 48.1 Å². The molecule has 0 saturated heterocycles. The quantitative estimate of drug-likeness (QED) is 0.142. The van der Waals surface area contributed by atoms with Crippen molar-refractivity contribution in [2.24, 2.45) is 0 Å². The van der Waals surface area contributed by atoms with E-state index in [1.165, 1.54) is 6.92 Å². The molecule has 0 aliphatic carbocycles. The van der Waals surface area contributed by atoms with Crippen molar-refractivity contribution in [1.29, 1.82) is 0 Å². The minimum atomic E-state index is -1.11. The fourth-order valence-corrected chi connectivity index (χ4v) is 4.21. The third-order valence-electron chi connectivity index (χ3n) is 4.83. The number of carbonyl (C=O) groups excluding carboxylic acids is 4. The van der Waals surface area contributed by atoms with Crippen LogP contribution in [0.1, 0.15) is 33.3 Å². The number of rotatable bonds is 9.